The number of carboxylic acids is 1. The van der Waals surface area contributed by atoms with Crippen LogP contribution >= 0.6 is 0 Å². The van der Waals surface area contributed by atoms with E-state index >= 15 is 0 Å². The number of aliphatic hydroxyl groups is 1. The van der Waals surface area contributed by atoms with Crippen LogP contribution in [0.4, 0.5) is 0 Å². The van der Waals surface area contributed by atoms with E-state index in [9.17, 15) is 14.7 Å². The van der Waals surface area contributed by atoms with Crippen LogP contribution in [0.2, 0.25) is 0 Å². The van der Waals surface area contributed by atoms with Crippen molar-refractivity contribution in [3.63, 3.8) is 0 Å². The summed E-state index contributed by atoms with van der Waals surface area (Å²) in [7, 11) is 1.20. The second-order valence-electron chi connectivity index (χ2n) is 9.07. The summed E-state index contributed by atoms with van der Waals surface area (Å²) in [6.07, 6.45) is 14.0. The summed E-state index contributed by atoms with van der Waals surface area (Å²) in [5.74, 6) is -2.66. The fraction of sp³-hybridized carbons (Fsp3) is 0.826. The summed E-state index contributed by atoms with van der Waals surface area (Å²) >= 11 is 0. The van der Waals surface area contributed by atoms with Gasteiger partial charge in [0.2, 0.25) is 0 Å². The number of rotatable bonds is 14. The fourth-order valence-electron chi connectivity index (χ4n) is 4.06. The molecule has 0 aromatic rings. The summed E-state index contributed by atoms with van der Waals surface area (Å²) in [5.41, 5.74) is 0.312. The van der Waals surface area contributed by atoms with E-state index in [4.69, 9.17) is 9.84 Å². The van der Waals surface area contributed by atoms with Gasteiger partial charge in [0.05, 0.1) is 0 Å². The number of hydrogen-bond donors (Lipinski definition) is 2. The summed E-state index contributed by atoms with van der Waals surface area (Å²) in [4.78, 5) is 23.3. The van der Waals surface area contributed by atoms with Crippen LogP contribution < -0.4 is 0 Å². The molecule has 0 saturated heterocycles. The fourth-order valence-corrected chi connectivity index (χ4v) is 4.06. The van der Waals surface area contributed by atoms with E-state index < -0.39 is 11.8 Å². The van der Waals surface area contributed by atoms with Crippen LogP contribution in [0.3, 0.4) is 0 Å². The van der Waals surface area contributed by atoms with Gasteiger partial charge in [0, 0.05) is 25.9 Å². The normalized spacial score (nSPS) is 22.7. The maximum absolute atomic E-state index is 12.3. The molecule has 1 unspecified atom stereocenters. The zero-order chi connectivity index (χ0) is 21.2. The standard InChI is InChI=1S/C23H40O5/c1-5-6-15-22(2,3)16-10-11-18-13-14-20(24)19(18)12-8-7-9-17-23(27,28-4)21(25)26/h10-11,18-19,27H,5-9,12-17H2,1-4H3,(H,25,26)/t18-,19+,23?/m0/s1. The molecule has 1 aliphatic carbocycles. The number of carbonyl (C=O) groups excluding carboxylic acids is 1. The minimum Gasteiger partial charge on any atom is -0.477 e. The zero-order valence-corrected chi connectivity index (χ0v) is 18.2. The number of aliphatic carboxylic acids is 1. The molecule has 0 spiro atoms. The van der Waals surface area contributed by atoms with Crippen LogP contribution in [0.5, 0.6) is 0 Å². The lowest BCUT2D eigenvalue weighted by Gasteiger charge is -2.23. The number of Topliss-reactive ketones (excluding diaryl/α,β-unsaturated/α-hetero) is 1. The van der Waals surface area contributed by atoms with Crippen LogP contribution in [0, 0.1) is 17.3 Å². The first-order valence-electron chi connectivity index (χ1n) is 10.9. The molecule has 1 aliphatic rings. The van der Waals surface area contributed by atoms with Crippen molar-refractivity contribution in [2.45, 2.75) is 97.2 Å². The second-order valence-corrected chi connectivity index (χ2v) is 9.07. The van der Waals surface area contributed by atoms with E-state index in [1.807, 2.05) is 0 Å². The number of allylic oxidation sites excluding steroid dienone is 2. The number of hydrogen-bond acceptors (Lipinski definition) is 4. The van der Waals surface area contributed by atoms with Crippen LogP contribution in [0.15, 0.2) is 12.2 Å². The number of ether oxygens (including phenoxy) is 1. The molecule has 0 heterocycles. The molecule has 0 aliphatic heterocycles. The highest BCUT2D eigenvalue weighted by atomic mass is 16.6. The molecule has 28 heavy (non-hydrogen) atoms. The maximum atomic E-state index is 12.3. The van der Waals surface area contributed by atoms with Crippen LogP contribution in [-0.4, -0.2) is 34.9 Å². The van der Waals surface area contributed by atoms with Crippen molar-refractivity contribution < 1.29 is 24.5 Å². The molecular weight excluding hydrogens is 356 g/mol. The van der Waals surface area contributed by atoms with Gasteiger partial charge in [-0.25, -0.2) is 4.79 Å². The van der Waals surface area contributed by atoms with Gasteiger partial charge >= 0.3 is 5.97 Å². The molecule has 0 radical (unpaired) electrons. The SMILES string of the molecule is CCCCC(C)(C)CC=C[C@H]1CCC(=O)[C@@H]1CCCCCC(O)(OC)C(=O)O. The molecular formula is C23H40O5. The topological polar surface area (TPSA) is 83.8 Å². The number of carboxylic acid groups (broad SMARTS) is 1. The third-order valence-electron chi connectivity index (χ3n) is 6.12. The molecule has 1 fully saturated rings. The zero-order valence-electron chi connectivity index (χ0n) is 18.2. The van der Waals surface area contributed by atoms with E-state index in [-0.39, 0.29) is 12.3 Å². The van der Waals surface area contributed by atoms with Gasteiger partial charge in [-0.15, -0.1) is 0 Å². The monoisotopic (exact) mass is 396 g/mol. The summed E-state index contributed by atoms with van der Waals surface area (Å²) in [6.45, 7) is 6.84. The Morgan fingerprint density at radius 3 is 2.54 bits per heavy atom. The molecule has 0 aromatic carbocycles. The van der Waals surface area contributed by atoms with Crippen molar-refractivity contribution in [3.8, 4) is 0 Å². The van der Waals surface area contributed by atoms with Gasteiger partial charge in [-0.3, -0.25) is 4.79 Å². The lowest BCUT2D eigenvalue weighted by molar-refractivity contribution is -0.216. The van der Waals surface area contributed by atoms with Crippen molar-refractivity contribution >= 4 is 11.8 Å². The van der Waals surface area contributed by atoms with Crippen molar-refractivity contribution in [1.82, 2.24) is 0 Å². The number of ketones is 1. The van der Waals surface area contributed by atoms with Gasteiger partial charge in [-0.1, -0.05) is 58.6 Å². The molecule has 1 rings (SSSR count). The van der Waals surface area contributed by atoms with Crippen molar-refractivity contribution in [2.24, 2.45) is 17.3 Å². The van der Waals surface area contributed by atoms with E-state index in [2.05, 4.69) is 32.9 Å². The van der Waals surface area contributed by atoms with Gasteiger partial charge in [-0.05, 0) is 43.4 Å². The van der Waals surface area contributed by atoms with Gasteiger partial charge < -0.3 is 14.9 Å². The molecule has 0 aromatic heterocycles. The van der Waals surface area contributed by atoms with Crippen molar-refractivity contribution in [1.29, 1.82) is 0 Å². The summed E-state index contributed by atoms with van der Waals surface area (Å²) < 4.78 is 4.70. The molecule has 2 N–H and O–H groups in total. The number of unbranched alkanes of at least 4 members (excludes halogenated alkanes) is 3. The Balaban J connectivity index is 2.41. The van der Waals surface area contributed by atoms with Gasteiger partial charge in [0.25, 0.3) is 5.79 Å². The lowest BCUT2D eigenvalue weighted by atomic mass is 9.83. The largest absolute Gasteiger partial charge is 0.477 e. The summed E-state index contributed by atoms with van der Waals surface area (Å²) in [6, 6.07) is 0. The quantitative estimate of drug-likeness (QED) is 0.242. The Labute approximate surface area is 170 Å². The van der Waals surface area contributed by atoms with Crippen LogP contribution in [0.25, 0.3) is 0 Å². The highest BCUT2D eigenvalue weighted by Gasteiger charge is 2.35. The summed E-state index contributed by atoms with van der Waals surface area (Å²) in [5, 5.41) is 18.8. The van der Waals surface area contributed by atoms with Crippen LogP contribution in [0.1, 0.15) is 91.4 Å². The van der Waals surface area contributed by atoms with Crippen molar-refractivity contribution in [2.75, 3.05) is 7.11 Å². The Bertz CT molecular complexity index is 525. The molecule has 1 saturated carbocycles. The first kappa shape index (κ1) is 24.8. The van der Waals surface area contributed by atoms with Gasteiger partial charge in [-0.2, -0.15) is 0 Å². The van der Waals surface area contributed by atoms with Gasteiger partial charge in [0.1, 0.15) is 5.78 Å². The Morgan fingerprint density at radius 2 is 1.93 bits per heavy atom. The first-order chi connectivity index (χ1) is 13.1. The van der Waals surface area contributed by atoms with E-state index in [0.717, 1.165) is 32.1 Å². The van der Waals surface area contributed by atoms with E-state index in [1.165, 1.54) is 26.4 Å². The molecule has 5 heteroatoms. The highest BCUT2D eigenvalue weighted by Crippen LogP contribution is 2.35. The Hall–Kier alpha value is -1.20. The average Bonchev–Trinajstić information content (AvgIpc) is 2.99. The highest BCUT2D eigenvalue weighted by molar-refractivity contribution is 5.83. The van der Waals surface area contributed by atoms with E-state index in [0.29, 0.717) is 30.0 Å². The number of carbonyl (C=O) groups is 2. The predicted octanol–water partition coefficient (Wildman–Crippen LogP) is 5.11. The lowest BCUT2D eigenvalue weighted by Crippen LogP contribution is -2.40. The van der Waals surface area contributed by atoms with Crippen molar-refractivity contribution in [3.05, 3.63) is 12.2 Å². The molecule has 3 atom stereocenters. The van der Waals surface area contributed by atoms with E-state index in [1.54, 1.807) is 0 Å². The van der Waals surface area contributed by atoms with Gasteiger partial charge in [0.15, 0.2) is 0 Å². The minimum absolute atomic E-state index is 0.0631. The smallest absolute Gasteiger partial charge is 0.364 e. The minimum atomic E-state index is -2.10. The Morgan fingerprint density at radius 1 is 1.21 bits per heavy atom. The molecule has 0 amide bonds. The average molecular weight is 397 g/mol. The predicted molar refractivity (Wildman–Crippen MR) is 111 cm³/mol. The first-order valence-corrected chi connectivity index (χ1v) is 10.9. The molecule has 162 valence electrons. The molecule has 5 nitrogen and oxygen atoms in total. The third kappa shape index (κ3) is 8.04. The van der Waals surface area contributed by atoms with Crippen LogP contribution in [-0.2, 0) is 14.3 Å². The number of methoxy groups -OCH3 is 1. The third-order valence-corrected chi connectivity index (χ3v) is 6.12. The maximum Gasteiger partial charge on any atom is 0.364 e. The Kier molecular flexibility index (Phi) is 10.4. The molecule has 0 bridgehead atoms. The second kappa shape index (κ2) is 11.7.